The van der Waals surface area contributed by atoms with Crippen molar-refractivity contribution in [3.8, 4) is 5.69 Å². The summed E-state index contributed by atoms with van der Waals surface area (Å²) in [5, 5.41) is 15.0. The molecule has 0 spiro atoms. The summed E-state index contributed by atoms with van der Waals surface area (Å²) in [4.78, 5) is 0. The van der Waals surface area contributed by atoms with Gasteiger partial charge in [-0.2, -0.15) is 10.2 Å². The van der Waals surface area contributed by atoms with Crippen LogP contribution in [0.1, 0.15) is 16.8 Å². The quantitative estimate of drug-likeness (QED) is 0.676. The van der Waals surface area contributed by atoms with Gasteiger partial charge in [0.05, 0.1) is 17.6 Å². The first-order valence-corrected chi connectivity index (χ1v) is 7.67. The molecule has 3 rings (SSSR count). The highest BCUT2D eigenvalue weighted by Crippen LogP contribution is 2.27. The van der Waals surface area contributed by atoms with Crippen molar-refractivity contribution in [1.82, 2.24) is 20.0 Å². The minimum absolute atomic E-state index is 0.904. The average molecular weight is 284 g/mol. The lowest BCUT2D eigenvalue weighted by atomic mass is 10.1. The number of aryl methyl sites for hydroxylation is 3. The van der Waals surface area contributed by atoms with E-state index in [1.807, 2.05) is 24.1 Å². The standard InChI is InChI=1S/C15H16N4S/c1-9-5-6-12(7-10(9)2)19-14-13(8-16-19)11(3)17-18-15(14)20-4/h5-8H,1-4H3. The number of fused-ring (bicyclic) bond motifs is 1. The molecule has 2 aromatic heterocycles. The van der Waals surface area contributed by atoms with Crippen LogP contribution in [0, 0.1) is 20.8 Å². The van der Waals surface area contributed by atoms with E-state index in [9.17, 15) is 0 Å². The maximum atomic E-state index is 4.53. The first-order chi connectivity index (χ1) is 9.61. The highest BCUT2D eigenvalue weighted by atomic mass is 32.2. The van der Waals surface area contributed by atoms with Crippen molar-refractivity contribution >= 4 is 22.7 Å². The van der Waals surface area contributed by atoms with E-state index in [-0.39, 0.29) is 0 Å². The molecular formula is C15H16N4S. The van der Waals surface area contributed by atoms with E-state index in [1.54, 1.807) is 11.8 Å². The Morgan fingerprint density at radius 2 is 1.85 bits per heavy atom. The van der Waals surface area contributed by atoms with Crippen LogP contribution in [0.25, 0.3) is 16.6 Å². The second kappa shape index (κ2) is 4.90. The van der Waals surface area contributed by atoms with E-state index in [1.165, 1.54) is 11.1 Å². The summed E-state index contributed by atoms with van der Waals surface area (Å²) in [6, 6.07) is 6.37. The van der Waals surface area contributed by atoms with Crippen LogP contribution in [0.2, 0.25) is 0 Å². The monoisotopic (exact) mass is 284 g/mol. The van der Waals surface area contributed by atoms with Gasteiger partial charge in [-0.05, 0) is 50.3 Å². The fourth-order valence-corrected chi connectivity index (χ4v) is 2.74. The van der Waals surface area contributed by atoms with E-state index >= 15 is 0 Å². The first-order valence-electron chi connectivity index (χ1n) is 6.44. The summed E-state index contributed by atoms with van der Waals surface area (Å²) in [5.41, 5.74) is 5.55. The maximum absolute atomic E-state index is 4.53. The number of hydrogen-bond acceptors (Lipinski definition) is 4. The fourth-order valence-electron chi connectivity index (χ4n) is 2.23. The van der Waals surface area contributed by atoms with Crippen LogP contribution in [0.4, 0.5) is 0 Å². The van der Waals surface area contributed by atoms with Crippen LogP contribution >= 0.6 is 11.8 Å². The number of hydrogen-bond donors (Lipinski definition) is 0. The van der Waals surface area contributed by atoms with Crippen molar-refractivity contribution < 1.29 is 0 Å². The molecule has 0 fully saturated rings. The number of aromatic nitrogens is 4. The van der Waals surface area contributed by atoms with Crippen LogP contribution < -0.4 is 0 Å². The fraction of sp³-hybridized carbons (Fsp3) is 0.267. The summed E-state index contributed by atoms with van der Waals surface area (Å²) >= 11 is 1.59. The van der Waals surface area contributed by atoms with Crippen molar-refractivity contribution in [3.05, 3.63) is 41.2 Å². The number of nitrogens with zero attached hydrogens (tertiary/aromatic N) is 4. The van der Waals surface area contributed by atoms with Crippen LogP contribution in [0.3, 0.4) is 0 Å². The van der Waals surface area contributed by atoms with Gasteiger partial charge >= 0.3 is 0 Å². The van der Waals surface area contributed by atoms with Crippen LogP contribution in [-0.2, 0) is 0 Å². The van der Waals surface area contributed by atoms with Gasteiger partial charge in [0, 0.05) is 5.39 Å². The lowest BCUT2D eigenvalue weighted by molar-refractivity contribution is 0.867. The zero-order valence-corrected chi connectivity index (χ0v) is 12.8. The third kappa shape index (κ3) is 1.98. The Morgan fingerprint density at radius 1 is 1.05 bits per heavy atom. The number of benzene rings is 1. The molecule has 0 aliphatic carbocycles. The minimum Gasteiger partial charge on any atom is -0.230 e. The largest absolute Gasteiger partial charge is 0.230 e. The van der Waals surface area contributed by atoms with E-state index in [0.717, 1.165) is 27.3 Å². The van der Waals surface area contributed by atoms with Crippen molar-refractivity contribution in [2.45, 2.75) is 25.8 Å². The summed E-state index contributed by atoms with van der Waals surface area (Å²) < 4.78 is 1.95. The second-order valence-electron chi connectivity index (χ2n) is 4.88. The summed E-state index contributed by atoms with van der Waals surface area (Å²) in [6.07, 6.45) is 3.88. The van der Waals surface area contributed by atoms with Gasteiger partial charge in [0.1, 0.15) is 10.5 Å². The third-order valence-corrected chi connectivity index (χ3v) is 4.24. The molecule has 0 atom stereocenters. The van der Waals surface area contributed by atoms with Gasteiger partial charge in [0.2, 0.25) is 0 Å². The lowest BCUT2D eigenvalue weighted by Gasteiger charge is -2.08. The zero-order valence-electron chi connectivity index (χ0n) is 12.0. The number of rotatable bonds is 2. The molecule has 0 unspecified atom stereocenters. The van der Waals surface area contributed by atoms with E-state index < -0.39 is 0 Å². The molecule has 0 amide bonds. The Kier molecular flexibility index (Phi) is 3.22. The molecule has 2 heterocycles. The average Bonchev–Trinajstić information content (AvgIpc) is 2.88. The third-order valence-electron chi connectivity index (χ3n) is 3.58. The molecular weight excluding hydrogens is 268 g/mol. The van der Waals surface area contributed by atoms with Crippen LogP contribution in [0.5, 0.6) is 0 Å². The molecule has 0 radical (unpaired) electrons. The van der Waals surface area contributed by atoms with Crippen molar-refractivity contribution in [2.24, 2.45) is 0 Å². The zero-order chi connectivity index (χ0) is 14.3. The van der Waals surface area contributed by atoms with Gasteiger partial charge < -0.3 is 0 Å². The molecule has 0 N–H and O–H groups in total. The Balaban J connectivity index is 2.31. The molecule has 0 aliphatic heterocycles. The highest BCUT2D eigenvalue weighted by molar-refractivity contribution is 7.98. The van der Waals surface area contributed by atoms with E-state index in [2.05, 4.69) is 47.3 Å². The normalized spacial score (nSPS) is 11.2. The van der Waals surface area contributed by atoms with Crippen molar-refractivity contribution in [1.29, 1.82) is 0 Å². The molecule has 3 aromatic rings. The molecule has 0 saturated carbocycles. The minimum atomic E-state index is 0.904. The predicted octanol–water partition coefficient (Wildman–Crippen LogP) is 3.46. The second-order valence-corrected chi connectivity index (χ2v) is 5.68. The van der Waals surface area contributed by atoms with Gasteiger partial charge in [-0.3, -0.25) is 0 Å². The molecule has 20 heavy (non-hydrogen) atoms. The van der Waals surface area contributed by atoms with Crippen molar-refractivity contribution in [2.75, 3.05) is 6.26 Å². The molecule has 0 saturated heterocycles. The molecule has 0 aliphatic rings. The van der Waals surface area contributed by atoms with Gasteiger partial charge in [-0.15, -0.1) is 16.9 Å². The van der Waals surface area contributed by atoms with Crippen LogP contribution in [0.15, 0.2) is 29.4 Å². The summed E-state index contributed by atoms with van der Waals surface area (Å²) in [7, 11) is 0. The van der Waals surface area contributed by atoms with Gasteiger partial charge in [-0.1, -0.05) is 6.07 Å². The van der Waals surface area contributed by atoms with Gasteiger partial charge in [-0.25, -0.2) is 4.68 Å². The number of thioether (sulfide) groups is 1. The first kappa shape index (κ1) is 13.1. The molecule has 4 nitrogen and oxygen atoms in total. The Labute approximate surface area is 122 Å². The topological polar surface area (TPSA) is 43.6 Å². The highest BCUT2D eigenvalue weighted by Gasteiger charge is 2.13. The van der Waals surface area contributed by atoms with Crippen LogP contribution in [-0.4, -0.2) is 26.2 Å². The molecule has 0 bridgehead atoms. The summed E-state index contributed by atoms with van der Waals surface area (Å²) in [6.45, 7) is 6.19. The maximum Gasteiger partial charge on any atom is 0.145 e. The molecule has 102 valence electrons. The van der Waals surface area contributed by atoms with E-state index in [0.29, 0.717) is 0 Å². The Hall–Kier alpha value is -1.88. The SMILES string of the molecule is CSc1nnc(C)c2cnn(-c3ccc(C)c(C)c3)c12. The van der Waals surface area contributed by atoms with Gasteiger partial charge in [0.15, 0.2) is 0 Å². The predicted molar refractivity (Wildman–Crippen MR) is 82.7 cm³/mol. The summed E-state index contributed by atoms with van der Waals surface area (Å²) in [5.74, 6) is 0. The van der Waals surface area contributed by atoms with Crippen molar-refractivity contribution in [3.63, 3.8) is 0 Å². The smallest absolute Gasteiger partial charge is 0.145 e. The lowest BCUT2D eigenvalue weighted by Crippen LogP contribution is -2.00. The molecule has 1 aromatic carbocycles. The van der Waals surface area contributed by atoms with Gasteiger partial charge in [0.25, 0.3) is 0 Å². The van der Waals surface area contributed by atoms with E-state index in [4.69, 9.17) is 0 Å². The Morgan fingerprint density at radius 3 is 2.55 bits per heavy atom. The molecule has 5 heteroatoms. The Bertz CT molecular complexity index is 792.